The fraction of sp³-hybridized carbons (Fsp3) is 0.545. The van der Waals surface area contributed by atoms with Gasteiger partial charge in [0.25, 0.3) is 0 Å². The van der Waals surface area contributed by atoms with Crippen LogP contribution in [0.5, 0.6) is 5.75 Å². The fourth-order valence-corrected chi connectivity index (χ4v) is 4.50. The number of rotatable bonds is 8. The molecular formula is C22H33N5OS. The molecule has 6 nitrogen and oxygen atoms in total. The number of likely N-dealkylation sites (tertiary alicyclic amines) is 1. The SMILES string of the molecule is CN=C(NCc1nc(C(C)C)cs1)NCC(c1cccc(OC)c1)N1CCCC1. The molecule has 1 aliphatic rings. The van der Waals surface area contributed by atoms with Crippen LogP contribution in [-0.4, -0.2) is 49.6 Å². The minimum atomic E-state index is 0.290. The smallest absolute Gasteiger partial charge is 0.191 e. The van der Waals surface area contributed by atoms with E-state index in [1.165, 1.54) is 18.4 Å². The molecule has 0 radical (unpaired) electrons. The maximum Gasteiger partial charge on any atom is 0.191 e. The molecule has 1 aromatic carbocycles. The number of thiazole rings is 1. The van der Waals surface area contributed by atoms with Crippen LogP contribution in [0.2, 0.25) is 0 Å². The molecule has 29 heavy (non-hydrogen) atoms. The zero-order valence-corrected chi connectivity index (χ0v) is 18.8. The molecule has 0 saturated carbocycles. The number of guanidine groups is 1. The Morgan fingerprint density at radius 3 is 2.72 bits per heavy atom. The third-order valence-electron chi connectivity index (χ3n) is 5.31. The van der Waals surface area contributed by atoms with Crippen molar-refractivity contribution in [2.24, 2.45) is 4.99 Å². The number of nitrogens with zero attached hydrogens (tertiary/aromatic N) is 3. The summed E-state index contributed by atoms with van der Waals surface area (Å²) >= 11 is 1.70. The summed E-state index contributed by atoms with van der Waals surface area (Å²) < 4.78 is 5.44. The Morgan fingerprint density at radius 1 is 1.28 bits per heavy atom. The summed E-state index contributed by atoms with van der Waals surface area (Å²) in [5.41, 5.74) is 2.43. The van der Waals surface area contributed by atoms with Gasteiger partial charge in [-0.25, -0.2) is 4.98 Å². The van der Waals surface area contributed by atoms with Gasteiger partial charge in [0.1, 0.15) is 10.8 Å². The van der Waals surface area contributed by atoms with Crippen LogP contribution in [-0.2, 0) is 6.54 Å². The van der Waals surface area contributed by atoms with Crippen molar-refractivity contribution in [3.05, 3.63) is 45.9 Å². The number of aliphatic imine (C=N–C) groups is 1. The summed E-state index contributed by atoms with van der Waals surface area (Å²) in [5.74, 6) is 2.17. The van der Waals surface area contributed by atoms with Crippen molar-refractivity contribution >= 4 is 17.3 Å². The Balaban J connectivity index is 1.62. The van der Waals surface area contributed by atoms with E-state index in [0.29, 0.717) is 18.5 Å². The molecule has 1 fully saturated rings. The van der Waals surface area contributed by atoms with Gasteiger partial charge >= 0.3 is 0 Å². The summed E-state index contributed by atoms with van der Waals surface area (Å²) in [6.45, 7) is 8.08. The van der Waals surface area contributed by atoms with Crippen LogP contribution < -0.4 is 15.4 Å². The Hall–Kier alpha value is -2.12. The highest BCUT2D eigenvalue weighted by atomic mass is 32.1. The molecular weight excluding hydrogens is 382 g/mol. The van der Waals surface area contributed by atoms with Crippen LogP contribution >= 0.6 is 11.3 Å². The predicted molar refractivity (Wildman–Crippen MR) is 121 cm³/mol. The lowest BCUT2D eigenvalue weighted by atomic mass is 10.1. The van der Waals surface area contributed by atoms with Gasteiger partial charge in [0.05, 0.1) is 25.4 Å². The van der Waals surface area contributed by atoms with Crippen LogP contribution in [0.25, 0.3) is 0 Å². The Morgan fingerprint density at radius 2 is 2.07 bits per heavy atom. The molecule has 2 heterocycles. The van der Waals surface area contributed by atoms with Gasteiger partial charge in [-0.1, -0.05) is 26.0 Å². The summed E-state index contributed by atoms with van der Waals surface area (Å²) in [5, 5.41) is 10.1. The van der Waals surface area contributed by atoms with Crippen molar-refractivity contribution in [1.82, 2.24) is 20.5 Å². The maximum absolute atomic E-state index is 5.44. The molecule has 1 aromatic heterocycles. The first-order valence-electron chi connectivity index (χ1n) is 10.4. The lowest BCUT2D eigenvalue weighted by Crippen LogP contribution is -2.42. The van der Waals surface area contributed by atoms with Gasteiger partial charge in [0.15, 0.2) is 5.96 Å². The van der Waals surface area contributed by atoms with E-state index in [4.69, 9.17) is 9.72 Å². The first-order valence-corrected chi connectivity index (χ1v) is 11.3. The summed E-state index contributed by atoms with van der Waals surface area (Å²) in [6, 6.07) is 8.69. The van der Waals surface area contributed by atoms with Gasteiger partial charge in [-0.2, -0.15) is 0 Å². The van der Waals surface area contributed by atoms with Crippen LogP contribution in [0.4, 0.5) is 0 Å². The monoisotopic (exact) mass is 415 g/mol. The largest absolute Gasteiger partial charge is 0.497 e. The zero-order chi connectivity index (χ0) is 20.6. The molecule has 7 heteroatoms. The lowest BCUT2D eigenvalue weighted by Gasteiger charge is -2.29. The van der Waals surface area contributed by atoms with E-state index in [2.05, 4.69) is 58.0 Å². The topological polar surface area (TPSA) is 61.8 Å². The third-order valence-corrected chi connectivity index (χ3v) is 6.18. The van der Waals surface area contributed by atoms with E-state index in [0.717, 1.165) is 42.0 Å². The number of nitrogens with one attached hydrogen (secondary N) is 2. The number of hydrogen-bond acceptors (Lipinski definition) is 5. The van der Waals surface area contributed by atoms with Crippen molar-refractivity contribution in [2.45, 2.75) is 45.2 Å². The normalized spacial score (nSPS) is 16.2. The molecule has 1 saturated heterocycles. The van der Waals surface area contributed by atoms with E-state index in [-0.39, 0.29) is 0 Å². The molecule has 158 valence electrons. The highest BCUT2D eigenvalue weighted by Gasteiger charge is 2.24. The second-order valence-electron chi connectivity index (χ2n) is 7.66. The first kappa shape index (κ1) is 21.6. The predicted octanol–water partition coefficient (Wildman–Crippen LogP) is 3.78. The number of ether oxygens (including phenoxy) is 1. The maximum atomic E-state index is 5.44. The quantitative estimate of drug-likeness (QED) is 0.508. The lowest BCUT2D eigenvalue weighted by molar-refractivity contribution is 0.245. The number of aromatic nitrogens is 1. The highest BCUT2D eigenvalue weighted by molar-refractivity contribution is 7.09. The van der Waals surface area contributed by atoms with Crippen molar-refractivity contribution in [3.8, 4) is 5.75 Å². The number of hydrogen-bond donors (Lipinski definition) is 2. The molecule has 3 rings (SSSR count). The van der Waals surface area contributed by atoms with E-state index in [1.54, 1.807) is 18.4 Å². The molecule has 0 spiro atoms. The molecule has 2 N–H and O–H groups in total. The van der Waals surface area contributed by atoms with E-state index in [1.807, 2.05) is 13.1 Å². The van der Waals surface area contributed by atoms with E-state index < -0.39 is 0 Å². The molecule has 0 aliphatic carbocycles. The van der Waals surface area contributed by atoms with Crippen LogP contribution in [0.3, 0.4) is 0 Å². The fourth-order valence-electron chi connectivity index (χ4n) is 3.60. The standard InChI is InChI=1S/C22H33N5OS/c1-16(2)19-15-29-21(26-19)14-25-22(23-3)24-13-20(27-10-5-6-11-27)17-8-7-9-18(12-17)28-4/h7-9,12,15-16,20H,5-6,10-11,13-14H2,1-4H3,(H2,23,24,25). The second kappa shape index (κ2) is 10.6. The molecule has 1 aliphatic heterocycles. The molecule has 0 bridgehead atoms. The Kier molecular flexibility index (Phi) is 7.89. The average Bonchev–Trinajstić information content (AvgIpc) is 3.43. The summed E-state index contributed by atoms with van der Waals surface area (Å²) in [4.78, 5) is 11.6. The molecule has 2 aromatic rings. The molecule has 1 unspecified atom stereocenters. The van der Waals surface area contributed by atoms with Gasteiger partial charge in [-0.05, 0) is 49.5 Å². The van der Waals surface area contributed by atoms with Crippen molar-refractivity contribution < 1.29 is 4.74 Å². The zero-order valence-electron chi connectivity index (χ0n) is 17.9. The van der Waals surface area contributed by atoms with Gasteiger partial charge in [0.2, 0.25) is 0 Å². The Labute approximate surface area is 178 Å². The first-order chi connectivity index (χ1) is 14.1. The Bertz CT molecular complexity index is 798. The highest BCUT2D eigenvalue weighted by Crippen LogP contribution is 2.27. The minimum Gasteiger partial charge on any atom is -0.497 e. The van der Waals surface area contributed by atoms with Crippen LogP contribution in [0.15, 0.2) is 34.6 Å². The van der Waals surface area contributed by atoms with Crippen LogP contribution in [0, 0.1) is 0 Å². The van der Waals surface area contributed by atoms with Crippen molar-refractivity contribution in [2.75, 3.05) is 33.8 Å². The summed E-state index contributed by atoms with van der Waals surface area (Å²) in [6.07, 6.45) is 2.52. The van der Waals surface area contributed by atoms with Gasteiger partial charge in [-0.3, -0.25) is 9.89 Å². The molecule has 1 atom stereocenters. The summed E-state index contributed by atoms with van der Waals surface area (Å²) in [7, 11) is 3.53. The number of benzene rings is 1. The second-order valence-corrected chi connectivity index (χ2v) is 8.61. The van der Waals surface area contributed by atoms with Gasteiger partial charge in [0, 0.05) is 19.0 Å². The third kappa shape index (κ3) is 5.93. The minimum absolute atomic E-state index is 0.290. The van der Waals surface area contributed by atoms with Crippen molar-refractivity contribution in [3.63, 3.8) is 0 Å². The average molecular weight is 416 g/mol. The molecule has 0 amide bonds. The number of methoxy groups -OCH3 is 1. The van der Waals surface area contributed by atoms with E-state index >= 15 is 0 Å². The van der Waals surface area contributed by atoms with Crippen LogP contribution in [0.1, 0.15) is 54.9 Å². The van der Waals surface area contributed by atoms with E-state index in [9.17, 15) is 0 Å². The van der Waals surface area contributed by atoms with Gasteiger partial charge < -0.3 is 15.4 Å². The van der Waals surface area contributed by atoms with Crippen molar-refractivity contribution in [1.29, 1.82) is 0 Å². The van der Waals surface area contributed by atoms with Gasteiger partial charge in [-0.15, -0.1) is 11.3 Å².